The molecule has 1 aliphatic rings. The van der Waals surface area contributed by atoms with Gasteiger partial charge in [0.05, 0.1) is 5.56 Å². The van der Waals surface area contributed by atoms with E-state index in [-0.39, 0.29) is 41.2 Å². The van der Waals surface area contributed by atoms with Gasteiger partial charge >= 0.3 is 0 Å². The van der Waals surface area contributed by atoms with Crippen molar-refractivity contribution >= 4 is 17.7 Å². The van der Waals surface area contributed by atoms with Crippen molar-refractivity contribution in [2.45, 2.75) is 52.6 Å². The maximum absolute atomic E-state index is 14.1. The van der Waals surface area contributed by atoms with Gasteiger partial charge in [0.1, 0.15) is 11.9 Å². The van der Waals surface area contributed by atoms with Crippen LogP contribution in [0.1, 0.15) is 59.9 Å². The molecule has 0 unspecified atom stereocenters. The highest BCUT2D eigenvalue weighted by Gasteiger charge is 2.35. The van der Waals surface area contributed by atoms with E-state index >= 15 is 0 Å². The fourth-order valence-electron chi connectivity index (χ4n) is 4.17. The Hall–Kier alpha value is -3.22. The van der Waals surface area contributed by atoms with Gasteiger partial charge in [0, 0.05) is 24.7 Å². The first-order chi connectivity index (χ1) is 16.2. The molecular weight excluding hydrogens is 433 g/mol. The third kappa shape index (κ3) is 6.01. The Bertz CT molecular complexity index is 1030. The van der Waals surface area contributed by atoms with Gasteiger partial charge in [0.25, 0.3) is 11.8 Å². The van der Waals surface area contributed by atoms with E-state index in [2.05, 4.69) is 10.6 Å². The van der Waals surface area contributed by atoms with Crippen molar-refractivity contribution in [3.8, 4) is 0 Å². The van der Waals surface area contributed by atoms with Crippen molar-refractivity contribution < 1.29 is 18.8 Å². The monoisotopic (exact) mass is 467 g/mol. The van der Waals surface area contributed by atoms with Crippen molar-refractivity contribution in [1.82, 2.24) is 15.5 Å². The molecule has 1 fully saturated rings. The van der Waals surface area contributed by atoms with E-state index in [0.29, 0.717) is 31.5 Å². The number of likely N-dealkylation sites (tertiary alicyclic amines) is 1. The van der Waals surface area contributed by atoms with Crippen LogP contribution in [0.25, 0.3) is 0 Å². The molecule has 0 saturated carbocycles. The summed E-state index contributed by atoms with van der Waals surface area (Å²) in [5.74, 6) is -1.30. The summed E-state index contributed by atoms with van der Waals surface area (Å²) in [7, 11) is 0. The standard InChI is InChI=1S/C27H34FN3O3/c1-17(2)19(4)29-26(33)24(30-25(32)21-10-6-5-9-18(21)3)20-13-15-31(16-14-20)27(34)22-11-7-8-12-23(22)28/h5-12,17,19-20,24H,13-16H2,1-4H3,(H,29,33)(H,30,32)/t19-,24+/m0/s1. The number of nitrogens with zero attached hydrogens (tertiary/aromatic N) is 1. The first-order valence-corrected chi connectivity index (χ1v) is 11.9. The van der Waals surface area contributed by atoms with Gasteiger partial charge in [-0.2, -0.15) is 0 Å². The van der Waals surface area contributed by atoms with Crippen LogP contribution < -0.4 is 10.6 Å². The number of piperidine rings is 1. The predicted octanol–water partition coefficient (Wildman–Crippen LogP) is 3.95. The summed E-state index contributed by atoms with van der Waals surface area (Å²) >= 11 is 0. The summed E-state index contributed by atoms with van der Waals surface area (Å²) in [6, 6.07) is 12.4. The summed E-state index contributed by atoms with van der Waals surface area (Å²) in [5, 5.41) is 5.99. The molecule has 3 amide bonds. The predicted molar refractivity (Wildman–Crippen MR) is 130 cm³/mol. The number of carbonyl (C=O) groups is 3. The number of carbonyl (C=O) groups excluding carboxylic acids is 3. The van der Waals surface area contributed by atoms with E-state index in [9.17, 15) is 18.8 Å². The highest BCUT2D eigenvalue weighted by Crippen LogP contribution is 2.24. The molecule has 7 heteroatoms. The highest BCUT2D eigenvalue weighted by molar-refractivity contribution is 5.99. The van der Waals surface area contributed by atoms with E-state index in [1.165, 1.54) is 12.1 Å². The second-order valence-electron chi connectivity index (χ2n) is 9.42. The fourth-order valence-corrected chi connectivity index (χ4v) is 4.17. The molecule has 0 aromatic heterocycles. The molecule has 0 spiro atoms. The average Bonchev–Trinajstić information content (AvgIpc) is 2.82. The Morgan fingerprint density at radius 3 is 2.09 bits per heavy atom. The Morgan fingerprint density at radius 2 is 1.50 bits per heavy atom. The number of aryl methyl sites for hydroxylation is 1. The second kappa shape index (κ2) is 11.3. The minimum atomic E-state index is -0.723. The number of hydrogen-bond donors (Lipinski definition) is 2. The number of nitrogens with one attached hydrogen (secondary N) is 2. The topological polar surface area (TPSA) is 78.5 Å². The molecule has 182 valence electrons. The molecule has 1 heterocycles. The van der Waals surface area contributed by atoms with Crippen LogP contribution in [-0.4, -0.2) is 47.8 Å². The molecule has 0 bridgehead atoms. The lowest BCUT2D eigenvalue weighted by molar-refractivity contribution is -0.125. The number of halogens is 1. The van der Waals surface area contributed by atoms with E-state index < -0.39 is 11.9 Å². The molecule has 2 N–H and O–H groups in total. The minimum absolute atomic E-state index is 0.0481. The SMILES string of the molecule is Cc1ccccc1C(=O)N[C@@H](C(=O)N[C@@H](C)C(C)C)C1CCN(C(=O)c2ccccc2F)CC1. The van der Waals surface area contributed by atoms with E-state index in [1.807, 2.05) is 39.8 Å². The number of benzene rings is 2. The van der Waals surface area contributed by atoms with Crippen molar-refractivity contribution in [2.24, 2.45) is 11.8 Å². The fraction of sp³-hybridized carbons (Fsp3) is 0.444. The highest BCUT2D eigenvalue weighted by atomic mass is 19.1. The lowest BCUT2D eigenvalue weighted by Crippen LogP contribution is -2.55. The smallest absolute Gasteiger partial charge is 0.256 e. The number of amides is 3. The van der Waals surface area contributed by atoms with Gasteiger partial charge in [-0.05, 0) is 62.3 Å². The van der Waals surface area contributed by atoms with Crippen LogP contribution in [0.5, 0.6) is 0 Å². The van der Waals surface area contributed by atoms with Crippen molar-refractivity contribution in [1.29, 1.82) is 0 Å². The lowest BCUT2D eigenvalue weighted by Gasteiger charge is -2.36. The Balaban J connectivity index is 1.74. The molecule has 0 radical (unpaired) electrons. The quantitative estimate of drug-likeness (QED) is 0.647. The van der Waals surface area contributed by atoms with Gasteiger partial charge < -0.3 is 15.5 Å². The zero-order chi connectivity index (χ0) is 24.8. The molecule has 34 heavy (non-hydrogen) atoms. The first kappa shape index (κ1) is 25.4. The molecule has 1 saturated heterocycles. The van der Waals surface area contributed by atoms with Gasteiger partial charge in [0.2, 0.25) is 5.91 Å². The zero-order valence-corrected chi connectivity index (χ0v) is 20.3. The van der Waals surface area contributed by atoms with Crippen LogP contribution in [0, 0.1) is 24.6 Å². The van der Waals surface area contributed by atoms with Crippen molar-refractivity contribution in [3.63, 3.8) is 0 Å². The largest absolute Gasteiger partial charge is 0.352 e. The van der Waals surface area contributed by atoms with Crippen LogP contribution in [-0.2, 0) is 4.79 Å². The van der Waals surface area contributed by atoms with E-state index in [4.69, 9.17) is 0 Å². The van der Waals surface area contributed by atoms with Crippen molar-refractivity contribution in [2.75, 3.05) is 13.1 Å². The van der Waals surface area contributed by atoms with E-state index in [0.717, 1.165) is 5.56 Å². The maximum Gasteiger partial charge on any atom is 0.256 e. The molecule has 2 aromatic carbocycles. The van der Waals surface area contributed by atoms with Crippen molar-refractivity contribution in [3.05, 3.63) is 71.0 Å². The minimum Gasteiger partial charge on any atom is -0.352 e. The normalized spacial score (nSPS) is 16.1. The number of hydrogen-bond acceptors (Lipinski definition) is 3. The average molecular weight is 468 g/mol. The summed E-state index contributed by atoms with van der Waals surface area (Å²) < 4.78 is 14.1. The van der Waals surface area contributed by atoms with Gasteiger partial charge in [0.15, 0.2) is 0 Å². The maximum atomic E-state index is 14.1. The van der Waals surface area contributed by atoms with Gasteiger partial charge in [-0.15, -0.1) is 0 Å². The second-order valence-corrected chi connectivity index (χ2v) is 9.42. The third-order valence-electron chi connectivity index (χ3n) is 6.73. The molecule has 2 atom stereocenters. The van der Waals surface area contributed by atoms with Crippen LogP contribution in [0.2, 0.25) is 0 Å². The summed E-state index contributed by atoms with van der Waals surface area (Å²) in [6.45, 7) is 8.64. The van der Waals surface area contributed by atoms with Crippen LogP contribution in [0.3, 0.4) is 0 Å². The van der Waals surface area contributed by atoms with Gasteiger partial charge in [-0.3, -0.25) is 14.4 Å². The summed E-state index contributed by atoms with van der Waals surface area (Å²) in [5.41, 5.74) is 1.42. The van der Waals surface area contributed by atoms with Crippen LogP contribution in [0.15, 0.2) is 48.5 Å². The molecule has 3 rings (SSSR count). The Labute approximate surface area is 200 Å². The molecule has 6 nitrogen and oxygen atoms in total. The summed E-state index contributed by atoms with van der Waals surface area (Å²) in [6.07, 6.45) is 1.06. The third-order valence-corrected chi connectivity index (χ3v) is 6.73. The molecule has 1 aliphatic heterocycles. The molecule has 0 aliphatic carbocycles. The Morgan fingerprint density at radius 1 is 0.912 bits per heavy atom. The van der Waals surface area contributed by atoms with Gasteiger partial charge in [-0.1, -0.05) is 44.2 Å². The molecular formula is C27H34FN3O3. The first-order valence-electron chi connectivity index (χ1n) is 11.9. The molecule has 2 aromatic rings. The van der Waals surface area contributed by atoms with Crippen LogP contribution >= 0.6 is 0 Å². The van der Waals surface area contributed by atoms with E-state index in [1.54, 1.807) is 29.2 Å². The number of rotatable bonds is 7. The lowest BCUT2D eigenvalue weighted by atomic mass is 9.87. The zero-order valence-electron chi connectivity index (χ0n) is 20.3. The van der Waals surface area contributed by atoms with Gasteiger partial charge in [-0.25, -0.2) is 4.39 Å². The summed E-state index contributed by atoms with van der Waals surface area (Å²) in [4.78, 5) is 40.7. The Kier molecular flexibility index (Phi) is 8.42. The van der Waals surface area contributed by atoms with Crippen LogP contribution in [0.4, 0.5) is 4.39 Å².